The Morgan fingerprint density at radius 3 is 2.02 bits per heavy atom. The van der Waals surface area contributed by atoms with E-state index in [1.54, 1.807) is 18.2 Å². The van der Waals surface area contributed by atoms with Crippen molar-refractivity contribution in [2.24, 2.45) is 0 Å². The fraction of sp³-hybridized carbons (Fsp3) is 0. The number of para-hydroxylation sites is 1. The molecule has 0 aliphatic rings. The second-order valence-electron chi connectivity index (χ2n) is 9.50. The van der Waals surface area contributed by atoms with E-state index >= 15 is 0 Å². The highest BCUT2D eigenvalue weighted by molar-refractivity contribution is 6.22. The summed E-state index contributed by atoms with van der Waals surface area (Å²) in [5.74, 6) is 0. The van der Waals surface area contributed by atoms with Gasteiger partial charge in [0.15, 0.2) is 0 Å². The van der Waals surface area contributed by atoms with E-state index in [1.165, 1.54) is 0 Å². The molecule has 2 nitrogen and oxygen atoms in total. The standard InChI is InChI=1S/C40H27NO/c1-4-14-28(15-5-1)30-18-12-21-32(26-30)41(31-19-8-3-9-20-31)37-24-13-25-38-39(37)36-27-35(29-16-6-2-7-17-29)33-22-10-11-23-34(33)40(36)42-38/h1-27H/i1D,3D,4D,5D,8D,9D,12D,14D,15D,18D,19D,20D,21D,26D. The van der Waals surface area contributed by atoms with Crippen LogP contribution < -0.4 is 4.90 Å². The molecule has 0 aliphatic heterocycles. The van der Waals surface area contributed by atoms with Crippen molar-refractivity contribution in [1.29, 1.82) is 0 Å². The molecule has 0 atom stereocenters. The molecule has 0 saturated carbocycles. The van der Waals surface area contributed by atoms with Gasteiger partial charge in [0, 0.05) is 22.1 Å². The van der Waals surface area contributed by atoms with Crippen LogP contribution in [0.15, 0.2) is 168 Å². The Morgan fingerprint density at radius 1 is 0.524 bits per heavy atom. The van der Waals surface area contributed by atoms with Gasteiger partial charge in [-0.25, -0.2) is 0 Å². The lowest BCUT2D eigenvalue weighted by atomic mass is 9.95. The fourth-order valence-electron chi connectivity index (χ4n) is 5.33. The normalized spacial score (nSPS) is 16.0. The first-order valence-electron chi connectivity index (χ1n) is 20.1. The van der Waals surface area contributed by atoms with Crippen LogP contribution in [0.25, 0.3) is 55.0 Å². The maximum atomic E-state index is 9.58. The van der Waals surface area contributed by atoms with Crippen LogP contribution in [0.5, 0.6) is 0 Å². The number of rotatable bonds is 5. The molecule has 42 heavy (non-hydrogen) atoms. The summed E-state index contributed by atoms with van der Waals surface area (Å²) in [4.78, 5) is 1.09. The number of nitrogens with zero attached hydrogens (tertiary/aromatic N) is 1. The Labute approximate surface area is 264 Å². The zero-order chi connectivity index (χ0) is 40.1. The van der Waals surface area contributed by atoms with Crippen molar-refractivity contribution in [3.8, 4) is 22.3 Å². The first kappa shape index (κ1) is 13.8. The molecule has 7 aromatic carbocycles. The van der Waals surface area contributed by atoms with Gasteiger partial charge in [-0.1, -0.05) is 121 Å². The lowest BCUT2D eigenvalue weighted by Gasteiger charge is -2.26. The Hall–Kier alpha value is -5.60. The van der Waals surface area contributed by atoms with Gasteiger partial charge in [0.05, 0.1) is 30.3 Å². The molecule has 0 radical (unpaired) electrons. The highest BCUT2D eigenvalue weighted by atomic mass is 16.3. The third kappa shape index (κ3) is 4.05. The van der Waals surface area contributed by atoms with Gasteiger partial charge in [-0.3, -0.25) is 0 Å². The summed E-state index contributed by atoms with van der Waals surface area (Å²) < 4.78 is 129. The van der Waals surface area contributed by atoms with E-state index in [2.05, 4.69) is 0 Å². The van der Waals surface area contributed by atoms with Gasteiger partial charge in [0.25, 0.3) is 0 Å². The lowest BCUT2D eigenvalue weighted by Crippen LogP contribution is -2.10. The summed E-state index contributed by atoms with van der Waals surface area (Å²) in [7, 11) is 0. The minimum absolute atomic E-state index is 0.0835. The number of hydrogen-bond donors (Lipinski definition) is 0. The molecular weight excluding hydrogens is 510 g/mol. The van der Waals surface area contributed by atoms with Gasteiger partial charge in [0.2, 0.25) is 0 Å². The van der Waals surface area contributed by atoms with Crippen molar-refractivity contribution in [3.63, 3.8) is 0 Å². The van der Waals surface area contributed by atoms with Crippen molar-refractivity contribution in [2.45, 2.75) is 0 Å². The smallest absolute Gasteiger partial charge is 0.143 e. The molecule has 0 fully saturated rings. The Balaban J connectivity index is 1.58. The molecule has 8 aromatic rings. The molecule has 0 saturated heterocycles. The maximum absolute atomic E-state index is 9.58. The third-order valence-electron chi connectivity index (χ3n) is 7.10. The predicted molar refractivity (Wildman–Crippen MR) is 177 cm³/mol. The number of hydrogen-bond acceptors (Lipinski definition) is 2. The summed E-state index contributed by atoms with van der Waals surface area (Å²) in [5, 5.41) is 2.53. The number of anilines is 3. The number of benzene rings is 7. The minimum Gasteiger partial charge on any atom is -0.455 e. The Morgan fingerprint density at radius 2 is 1.21 bits per heavy atom. The van der Waals surface area contributed by atoms with Crippen LogP contribution in [0.4, 0.5) is 17.1 Å². The molecule has 0 unspecified atom stereocenters. The Bertz CT molecular complexity index is 2920. The summed E-state index contributed by atoms with van der Waals surface area (Å²) in [6, 6.07) is 13.6. The summed E-state index contributed by atoms with van der Waals surface area (Å²) in [5.41, 5.74) is 0.407. The summed E-state index contributed by atoms with van der Waals surface area (Å²) in [6.45, 7) is 0. The van der Waals surface area contributed by atoms with Gasteiger partial charge in [-0.05, 0) is 70.0 Å². The van der Waals surface area contributed by atoms with Crippen molar-refractivity contribution in [1.82, 2.24) is 0 Å². The first-order valence-corrected chi connectivity index (χ1v) is 13.1. The van der Waals surface area contributed by atoms with Crippen LogP contribution in [0.2, 0.25) is 0 Å². The van der Waals surface area contributed by atoms with Gasteiger partial charge in [-0.15, -0.1) is 0 Å². The summed E-state index contributed by atoms with van der Waals surface area (Å²) >= 11 is 0. The van der Waals surface area contributed by atoms with Crippen LogP contribution >= 0.6 is 0 Å². The molecule has 0 aliphatic carbocycles. The second-order valence-corrected chi connectivity index (χ2v) is 9.50. The quantitative estimate of drug-likeness (QED) is 0.211. The largest absolute Gasteiger partial charge is 0.455 e. The van der Waals surface area contributed by atoms with E-state index in [0.29, 0.717) is 21.9 Å². The minimum atomic E-state index is -0.795. The molecule has 198 valence electrons. The number of fused-ring (bicyclic) bond motifs is 5. The topological polar surface area (TPSA) is 16.4 Å². The lowest BCUT2D eigenvalue weighted by molar-refractivity contribution is 0.672. The van der Waals surface area contributed by atoms with Crippen molar-refractivity contribution >= 4 is 49.8 Å². The van der Waals surface area contributed by atoms with E-state index in [4.69, 9.17) is 20.9 Å². The highest BCUT2D eigenvalue weighted by Gasteiger charge is 2.21. The van der Waals surface area contributed by atoms with Crippen LogP contribution in [-0.4, -0.2) is 0 Å². The van der Waals surface area contributed by atoms with E-state index in [9.17, 15) is 2.74 Å². The van der Waals surface area contributed by atoms with Crippen molar-refractivity contribution in [3.05, 3.63) is 163 Å². The van der Waals surface area contributed by atoms with Crippen LogP contribution in [0.3, 0.4) is 0 Å². The van der Waals surface area contributed by atoms with E-state index < -0.39 is 107 Å². The third-order valence-corrected chi connectivity index (χ3v) is 7.10. The SMILES string of the molecule is [2H]c1c([2H])c([2H])c(-c2c([2H])c([2H])c([2H])c(N(c3c([2H])c([2H])c([2H])c([2H])c3[2H])c3cccc4oc5c6ccccc6c(-c6ccccc6)cc5c34)c2[2H])c([2H])c1[2H]. The highest BCUT2D eigenvalue weighted by Crippen LogP contribution is 2.46. The van der Waals surface area contributed by atoms with Crippen molar-refractivity contribution in [2.75, 3.05) is 4.90 Å². The Kier molecular flexibility index (Phi) is 3.33. The monoisotopic (exact) mass is 551 g/mol. The average molecular weight is 552 g/mol. The molecule has 8 rings (SSSR count). The van der Waals surface area contributed by atoms with Crippen molar-refractivity contribution < 1.29 is 23.6 Å². The van der Waals surface area contributed by atoms with E-state index in [-0.39, 0.29) is 5.69 Å². The zero-order valence-corrected chi connectivity index (χ0v) is 21.9. The first-order chi connectivity index (χ1) is 26.7. The molecule has 0 amide bonds. The molecular formula is C40H27NO. The van der Waals surface area contributed by atoms with E-state index in [0.717, 1.165) is 26.8 Å². The molecule has 2 heteroatoms. The molecule has 1 heterocycles. The second kappa shape index (κ2) is 10.1. The fourth-order valence-corrected chi connectivity index (χ4v) is 5.33. The van der Waals surface area contributed by atoms with Crippen LogP contribution in [0, 0.1) is 0 Å². The van der Waals surface area contributed by atoms with Gasteiger partial charge < -0.3 is 9.32 Å². The average Bonchev–Trinajstić information content (AvgIpc) is 3.60. The molecule has 1 aromatic heterocycles. The molecule has 0 N–H and O–H groups in total. The van der Waals surface area contributed by atoms with E-state index in [1.807, 2.05) is 60.7 Å². The van der Waals surface area contributed by atoms with Crippen LogP contribution in [0.1, 0.15) is 19.2 Å². The number of furan rings is 1. The zero-order valence-electron chi connectivity index (χ0n) is 35.9. The maximum Gasteiger partial charge on any atom is 0.143 e. The van der Waals surface area contributed by atoms with Gasteiger partial charge in [0.1, 0.15) is 11.2 Å². The molecule has 0 spiro atoms. The predicted octanol–water partition coefficient (Wildman–Crippen LogP) is 11.5. The van der Waals surface area contributed by atoms with Crippen LogP contribution in [-0.2, 0) is 0 Å². The molecule has 0 bridgehead atoms. The van der Waals surface area contributed by atoms with Gasteiger partial charge >= 0.3 is 0 Å². The summed E-state index contributed by atoms with van der Waals surface area (Å²) in [6.07, 6.45) is 0. The van der Waals surface area contributed by atoms with Gasteiger partial charge in [-0.2, -0.15) is 0 Å².